The molecule has 3 aromatic rings. The van der Waals surface area contributed by atoms with Gasteiger partial charge in [0.2, 0.25) is 5.88 Å². The first-order valence-corrected chi connectivity index (χ1v) is 23.5. The molecule has 2 amide bonds. The highest BCUT2D eigenvalue weighted by atomic mass is 35.5. The molecule has 1 saturated carbocycles. The molecule has 338 valence electrons. The molecule has 2 bridgehead atoms. The number of aromatic nitrogens is 2. The first-order valence-electron chi connectivity index (χ1n) is 21.4. The third-order valence-electron chi connectivity index (χ3n) is 12.5. The van der Waals surface area contributed by atoms with Crippen molar-refractivity contribution in [2.24, 2.45) is 29.2 Å². The lowest BCUT2D eigenvalue weighted by molar-refractivity contribution is -0.0158. The largest absolute Gasteiger partial charge is 0.490 e. The molecule has 4 aliphatic rings. The minimum absolute atomic E-state index is 0.0426. The molecule has 7 rings (SSSR count). The van der Waals surface area contributed by atoms with E-state index in [-0.39, 0.29) is 59.3 Å². The standard InChI is InChI=1S/C45H60ClN5O10S/c1-30-27-62(54,49-43(53)36-26-50(2)47-44(36)57-5)48-42(52)32-9-13-41-38(24-32)51(28-45(29-61-41)16-6-7-31-23-34(46)10-12-37(31)45)25-33-8-11-35(33)40(56-4)15-14-39(30)60-22-21-59-20-19-58-18-17-55-3/h9-10,12-15,23-24,26,30,33,35,39-40H,6-8,11,16-22,25,27-29H2,1-5H3,(H,48,49,52,53,54)/b15-14-/t30-,33+,35-,39+,40+,45+,62?/m1/s1. The number of fused-ring (bicyclic) bond motifs is 4. The van der Waals surface area contributed by atoms with Gasteiger partial charge in [-0.15, -0.1) is 9.46 Å². The number of ether oxygens (including phenoxy) is 7. The van der Waals surface area contributed by atoms with Crippen LogP contribution in [-0.4, -0.2) is 124 Å². The lowest BCUT2D eigenvalue weighted by Crippen LogP contribution is -2.49. The number of hydrogen-bond donors (Lipinski definition) is 1. The maximum Gasteiger partial charge on any atom is 0.286 e. The lowest BCUT2D eigenvalue weighted by Gasteiger charge is -2.46. The van der Waals surface area contributed by atoms with Crippen molar-refractivity contribution in [3.8, 4) is 11.6 Å². The fourth-order valence-electron chi connectivity index (χ4n) is 9.23. The second-order valence-electron chi connectivity index (χ2n) is 16.8. The van der Waals surface area contributed by atoms with Gasteiger partial charge in [-0.2, -0.15) is 0 Å². The molecule has 1 fully saturated rings. The van der Waals surface area contributed by atoms with E-state index < -0.39 is 33.8 Å². The number of carbonyl (C=O) groups is 2. The number of rotatable bonds is 14. The molecule has 2 aliphatic carbocycles. The molecule has 17 heteroatoms. The lowest BCUT2D eigenvalue weighted by atomic mass is 9.68. The molecule has 3 heterocycles. The maximum absolute atomic E-state index is 15.1. The molecular formula is C45H60ClN5O10S. The number of nitrogens with one attached hydrogen (secondary N) is 1. The Morgan fingerprint density at radius 3 is 2.53 bits per heavy atom. The molecule has 15 nitrogen and oxygen atoms in total. The summed E-state index contributed by atoms with van der Waals surface area (Å²) in [5.41, 5.74) is 3.20. The molecule has 62 heavy (non-hydrogen) atoms. The van der Waals surface area contributed by atoms with Gasteiger partial charge in [-0.1, -0.05) is 36.7 Å². The van der Waals surface area contributed by atoms with Crippen LogP contribution in [0.2, 0.25) is 5.02 Å². The van der Waals surface area contributed by atoms with E-state index in [2.05, 4.69) is 31.2 Å². The highest BCUT2D eigenvalue weighted by Gasteiger charge is 2.44. The van der Waals surface area contributed by atoms with Crippen molar-refractivity contribution >= 4 is 39.0 Å². The number of amides is 2. The van der Waals surface area contributed by atoms with Crippen molar-refractivity contribution in [2.45, 2.75) is 56.7 Å². The zero-order valence-electron chi connectivity index (χ0n) is 36.3. The third-order valence-corrected chi connectivity index (χ3v) is 14.7. The predicted octanol–water partition coefficient (Wildman–Crippen LogP) is 5.82. The van der Waals surface area contributed by atoms with E-state index in [0.717, 1.165) is 37.8 Å². The number of nitrogens with zero attached hydrogens (tertiary/aromatic N) is 4. The number of aryl methyl sites for hydroxylation is 2. The summed E-state index contributed by atoms with van der Waals surface area (Å²) in [5, 5.41) is 4.90. The van der Waals surface area contributed by atoms with Gasteiger partial charge in [-0.3, -0.25) is 19.0 Å². The van der Waals surface area contributed by atoms with Crippen LogP contribution in [0.1, 0.15) is 64.4 Å². The van der Waals surface area contributed by atoms with Gasteiger partial charge in [0, 0.05) is 62.5 Å². The number of benzene rings is 2. The minimum Gasteiger partial charge on any atom is -0.490 e. The summed E-state index contributed by atoms with van der Waals surface area (Å²) >= 11 is 6.50. The molecule has 0 saturated heterocycles. The van der Waals surface area contributed by atoms with E-state index in [0.29, 0.717) is 56.9 Å². The van der Waals surface area contributed by atoms with E-state index in [1.54, 1.807) is 39.5 Å². The summed E-state index contributed by atoms with van der Waals surface area (Å²) in [5.74, 6) is -1.01. The van der Waals surface area contributed by atoms with Crippen LogP contribution >= 0.6 is 11.6 Å². The summed E-state index contributed by atoms with van der Waals surface area (Å²) in [4.78, 5) is 30.6. The first-order chi connectivity index (χ1) is 29.9. The number of hydrogen-bond acceptors (Lipinski definition) is 12. The molecule has 0 radical (unpaired) electrons. The van der Waals surface area contributed by atoms with Crippen LogP contribution in [-0.2, 0) is 52.5 Å². The maximum atomic E-state index is 15.1. The molecular weight excluding hydrogens is 838 g/mol. The highest BCUT2D eigenvalue weighted by molar-refractivity contribution is 7.92. The van der Waals surface area contributed by atoms with E-state index in [1.807, 2.05) is 25.1 Å². The molecule has 1 N–H and O–H groups in total. The molecule has 2 aliphatic heterocycles. The van der Waals surface area contributed by atoms with Crippen molar-refractivity contribution in [2.75, 3.05) is 91.3 Å². The monoisotopic (exact) mass is 897 g/mol. The van der Waals surface area contributed by atoms with E-state index in [9.17, 15) is 9.59 Å². The molecule has 1 spiro atoms. The van der Waals surface area contributed by atoms with Gasteiger partial charge < -0.3 is 38.1 Å². The van der Waals surface area contributed by atoms with Gasteiger partial charge in [0.1, 0.15) is 21.2 Å². The Morgan fingerprint density at radius 2 is 1.79 bits per heavy atom. The Morgan fingerprint density at radius 1 is 1.02 bits per heavy atom. The summed E-state index contributed by atoms with van der Waals surface area (Å²) < 4.78 is 64.5. The van der Waals surface area contributed by atoms with Crippen molar-refractivity contribution in [1.82, 2.24) is 14.5 Å². The van der Waals surface area contributed by atoms with E-state index >= 15 is 4.21 Å². The first kappa shape index (κ1) is 46.0. The van der Waals surface area contributed by atoms with Crippen LogP contribution in [0, 0.1) is 17.8 Å². The number of methoxy groups -OCH3 is 3. The fraction of sp³-hybridized carbons (Fsp3) is 0.578. The van der Waals surface area contributed by atoms with Gasteiger partial charge in [0.05, 0.1) is 77.0 Å². The van der Waals surface area contributed by atoms with Crippen molar-refractivity contribution < 1.29 is 47.0 Å². The Bertz CT molecular complexity index is 2210. The molecule has 2 aromatic carbocycles. The number of carbonyl (C=O) groups excluding carboxylic acids is 2. The minimum atomic E-state index is -3.81. The zero-order valence-corrected chi connectivity index (χ0v) is 37.9. The fourth-order valence-corrected chi connectivity index (χ4v) is 11.3. The van der Waals surface area contributed by atoms with Gasteiger partial charge >= 0.3 is 0 Å². The Kier molecular flexibility index (Phi) is 15.3. The van der Waals surface area contributed by atoms with Gasteiger partial charge in [-0.25, -0.2) is 4.21 Å². The summed E-state index contributed by atoms with van der Waals surface area (Å²) in [7, 11) is 2.57. The van der Waals surface area contributed by atoms with E-state index in [4.69, 9.17) is 44.8 Å². The van der Waals surface area contributed by atoms with Gasteiger partial charge in [0.15, 0.2) is 0 Å². The Hall–Kier alpha value is -4.03. The van der Waals surface area contributed by atoms with Gasteiger partial charge in [0.25, 0.3) is 11.8 Å². The van der Waals surface area contributed by atoms with Crippen molar-refractivity contribution in [1.29, 1.82) is 0 Å². The number of halogens is 1. The summed E-state index contributed by atoms with van der Waals surface area (Å²) in [6, 6.07) is 11.4. The average molecular weight is 899 g/mol. The van der Waals surface area contributed by atoms with Crippen LogP contribution in [0.15, 0.2) is 59.1 Å². The van der Waals surface area contributed by atoms with Gasteiger partial charge in [-0.05, 0) is 85.4 Å². The van der Waals surface area contributed by atoms with Crippen molar-refractivity contribution in [3.05, 3.63) is 82.0 Å². The Balaban J connectivity index is 1.25. The van der Waals surface area contributed by atoms with Crippen LogP contribution in [0.25, 0.3) is 0 Å². The number of anilines is 1. The highest BCUT2D eigenvalue weighted by Crippen LogP contribution is 2.47. The van der Waals surface area contributed by atoms with Crippen LogP contribution in [0.5, 0.6) is 11.6 Å². The topological polar surface area (TPSA) is 161 Å². The second kappa shape index (κ2) is 20.6. The van der Waals surface area contributed by atoms with Crippen LogP contribution in [0.4, 0.5) is 5.69 Å². The normalized spacial score (nSPS) is 27.8. The zero-order chi connectivity index (χ0) is 43.9. The van der Waals surface area contributed by atoms with E-state index in [1.165, 1.54) is 29.1 Å². The van der Waals surface area contributed by atoms with Crippen LogP contribution in [0.3, 0.4) is 0 Å². The molecule has 7 atom stereocenters. The average Bonchev–Trinajstić information content (AvgIpc) is 3.56. The summed E-state index contributed by atoms with van der Waals surface area (Å²) in [6.45, 7) is 5.97. The predicted molar refractivity (Wildman–Crippen MR) is 236 cm³/mol. The molecule has 1 unspecified atom stereocenters. The quantitative estimate of drug-likeness (QED) is 0.153. The SMILES string of the molecule is COCCOCCOCCO[C@H]1/C=C\[C@H](OC)[C@@H]2CC[C@H]2CN2C[C@@]3(CCCc4cc(Cl)ccc43)COc3ccc(cc32)C(=O)N=S(=O)(NC(=O)c2cn(C)nc2OC)C[C@H]1C. The summed E-state index contributed by atoms with van der Waals surface area (Å²) in [6.07, 6.45) is 9.48. The second-order valence-corrected chi connectivity index (χ2v) is 19.2. The van der Waals surface area contributed by atoms with Crippen LogP contribution < -0.4 is 19.1 Å². The Labute approximate surface area is 370 Å². The third kappa shape index (κ3) is 10.7. The molecule has 1 aromatic heterocycles. The smallest absolute Gasteiger partial charge is 0.286 e. The van der Waals surface area contributed by atoms with Crippen molar-refractivity contribution in [3.63, 3.8) is 0 Å².